The van der Waals surface area contributed by atoms with Crippen LogP contribution in [0.2, 0.25) is 5.28 Å². The molecule has 0 fully saturated rings. The average Bonchev–Trinajstić information content (AvgIpc) is 2.42. The normalized spacial score (nSPS) is 10.0. The molecular weight excluding hydrogens is 294 g/mol. The number of nitro groups is 1. The molecule has 0 bridgehead atoms. The van der Waals surface area contributed by atoms with Crippen LogP contribution in [0.4, 0.5) is 17.2 Å². The van der Waals surface area contributed by atoms with Gasteiger partial charge in [-0.15, -0.1) is 0 Å². The van der Waals surface area contributed by atoms with Gasteiger partial charge in [-0.1, -0.05) is 0 Å². The Kier molecular flexibility index (Phi) is 4.00. The molecule has 0 spiro atoms. The fourth-order valence-corrected chi connectivity index (χ4v) is 2.06. The third kappa shape index (κ3) is 3.07. The lowest BCUT2D eigenvalue weighted by atomic mass is 10.0. The first-order valence-electron chi connectivity index (χ1n) is 5.87. The maximum atomic E-state index is 11.0. The average molecular weight is 304 g/mol. The van der Waals surface area contributed by atoms with Gasteiger partial charge in [0.05, 0.1) is 16.6 Å². The SMILES string of the molecule is Cc1cc(C#N)cc(C)c1Nc1nc(Cl)ncc1[N+](=O)[O-]. The number of aryl methyl sites for hydroxylation is 2. The number of hydrogen-bond donors (Lipinski definition) is 1. The molecule has 0 saturated carbocycles. The maximum absolute atomic E-state index is 11.0. The van der Waals surface area contributed by atoms with E-state index in [-0.39, 0.29) is 16.8 Å². The first-order valence-corrected chi connectivity index (χ1v) is 6.25. The molecule has 0 radical (unpaired) electrons. The predicted octanol–water partition coefficient (Wildman–Crippen LogP) is 3.27. The second-order valence-electron chi connectivity index (χ2n) is 4.35. The molecule has 0 amide bonds. The zero-order valence-electron chi connectivity index (χ0n) is 11.2. The van der Waals surface area contributed by atoms with Crippen LogP contribution in [0.5, 0.6) is 0 Å². The third-order valence-electron chi connectivity index (χ3n) is 2.84. The highest BCUT2D eigenvalue weighted by atomic mass is 35.5. The highest BCUT2D eigenvalue weighted by Gasteiger charge is 2.18. The van der Waals surface area contributed by atoms with Gasteiger partial charge in [0.2, 0.25) is 11.1 Å². The van der Waals surface area contributed by atoms with Crippen molar-refractivity contribution in [3.05, 3.63) is 50.4 Å². The molecule has 2 aromatic rings. The molecule has 0 aliphatic carbocycles. The highest BCUT2D eigenvalue weighted by Crippen LogP contribution is 2.30. The van der Waals surface area contributed by atoms with E-state index in [9.17, 15) is 10.1 Å². The summed E-state index contributed by atoms with van der Waals surface area (Å²) in [5.74, 6) is 0.0101. The minimum atomic E-state index is -0.590. The lowest BCUT2D eigenvalue weighted by molar-refractivity contribution is -0.384. The Hall–Kier alpha value is -2.72. The fourth-order valence-electron chi connectivity index (χ4n) is 1.92. The number of hydrogen-bond acceptors (Lipinski definition) is 6. The molecule has 1 heterocycles. The van der Waals surface area contributed by atoms with Gasteiger partial charge in [0.25, 0.3) is 0 Å². The standard InChI is InChI=1S/C13H10ClN5O2/c1-7-3-9(5-15)4-8(2)11(7)17-12-10(19(20)21)6-16-13(14)18-12/h3-4,6H,1-2H3,(H,16,17,18). The zero-order valence-corrected chi connectivity index (χ0v) is 12.0. The summed E-state index contributed by atoms with van der Waals surface area (Å²) in [5, 5.41) is 22.7. The maximum Gasteiger partial charge on any atom is 0.329 e. The second-order valence-corrected chi connectivity index (χ2v) is 4.69. The summed E-state index contributed by atoms with van der Waals surface area (Å²) < 4.78 is 0. The Morgan fingerprint density at radius 3 is 2.52 bits per heavy atom. The molecule has 1 aromatic carbocycles. The summed E-state index contributed by atoms with van der Waals surface area (Å²) in [7, 11) is 0. The molecule has 0 saturated heterocycles. The monoisotopic (exact) mass is 303 g/mol. The van der Waals surface area contributed by atoms with Gasteiger partial charge in [0.1, 0.15) is 6.20 Å². The van der Waals surface area contributed by atoms with Crippen molar-refractivity contribution in [3.63, 3.8) is 0 Å². The van der Waals surface area contributed by atoms with Gasteiger partial charge < -0.3 is 5.32 Å². The van der Waals surface area contributed by atoms with E-state index in [2.05, 4.69) is 21.4 Å². The summed E-state index contributed by atoms with van der Waals surface area (Å²) in [5.41, 5.74) is 2.44. The number of anilines is 2. The number of benzene rings is 1. The third-order valence-corrected chi connectivity index (χ3v) is 3.02. The molecule has 8 heteroatoms. The predicted molar refractivity (Wildman–Crippen MR) is 77.6 cm³/mol. The molecule has 0 atom stereocenters. The number of halogens is 1. The van der Waals surface area contributed by atoms with Crippen LogP contribution in [0.3, 0.4) is 0 Å². The Labute approximate surface area is 125 Å². The molecule has 106 valence electrons. The Morgan fingerprint density at radius 1 is 1.38 bits per heavy atom. The Balaban J connectivity index is 2.51. The van der Waals surface area contributed by atoms with Crippen molar-refractivity contribution in [2.45, 2.75) is 13.8 Å². The van der Waals surface area contributed by atoms with E-state index < -0.39 is 4.92 Å². The van der Waals surface area contributed by atoms with Gasteiger partial charge in [0, 0.05) is 5.69 Å². The largest absolute Gasteiger partial charge is 0.334 e. The van der Waals surface area contributed by atoms with E-state index >= 15 is 0 Å². The van der Waals surface area contributed by atoms with Crippen molar-refractivity contribution in [3.8, 4) is 6.07 Å². The molecule has 0 aliphatic rings. The van der Waals surface area contributed by atoms with Crippen LogP contribution in [-0.2, 0) is 0 Å². The smallest absolute Gasteiger partial charge is 0.329 e. The second kappa shape index (κ2) is 5.73. The molecule has 2 rings (SSSR count). The number of aromatic nitrogens is 2. The summed E-state index contributed by atoms with van der Waals surface area (Å²) in [4.78, 5) is 17.9. The topological polar surface area (TPSA) is 105 Å². The number of nitrogens with one attached hydrogen (secondary N) is 1. The molecule has 0 unspecified atom stereocenters. The van der Waals surface area contributed by atoms with Crippen LogP contribution >= 0.6 is 11.6 Å². The first-order chi connectivity index (χ1) is 9.92. The molecule has 0 aliphatic heterocycles. The Bertz CT molecular complexity index is 747. The van der Waals surface area contributed by atoms with Crippen LogP contribution in [0.25, 0.3) is 0 Å². The molecule has 21 heavy (non-hydrogen) atoms. The molecule has 1 aromatic heterocycles. The zero-order chi connectivity index (χ0) is 15.6. The van der Waals surface area contributed by atoms with Crippen LogP contribution in [0.1, 0.15) is 16.7 Å². The van der Waals surface area contributed by atoms with Crippen molar-refractivity contribution in [2.24, 2.45) is 0 Å². The lowest BCUT2D eigenvalue weighted by Gasteiger charge is -2.12. The van der Waals surface area contributed by atoms with Crippen LogP contribution < -0.4 is 5.32 Å². The molecule has 7 nitrogen and oxygen atoms in total. The van der Waals surface area contributed by atoms with E-state index in [0.29, 0.717) is 11.3 Å². The summed E-state index contributed by atoms with van der Waals surface area (Å²) >= 11 is 5.69. The summed E-state index contributed by atoms with van der Waals surface area (Å²) in [6.07, 6.45) is 1.05. The van der Waals surface area contributed by atoms with Crippen molar-refractivity contribution in [2.75, 3.05) is 5.32 Å². The van der Waals surface area contributed by atoms with Gasteiger partial charge in [0.15, 0.2) is 0 Å². The minimum Gasteiger partial charge on any atom is -0.334 e. The van der Waals surface area contributed by atoms with Crippen LogP contribution in [0, 0.1) is 35.3 Å². The minimum absolute atomic E-state index is 0.0101. The van der Waals surface area contributed by atoms with Crippen molar-refractivity contribution in [1.82, 2.24) is 9.97 Å². The van der Waals surface area contributed by atoms with Crippen LogP contribution in [-0.4, -0.2) is 14.9 Å². The summed E-state index contributed by atoms with van der Waals surface area (Å²) in [6.45, 7) is 3.59. The number of nitrogens with zero attached hydrogens (tertiary/aromatic N) is 4. The first kappa shape index (κ1) is 14.7. The van der Waals surface area contributed by atoms with Crippen molar-refractivity contribution < 1.29 is 4.92 Å². The van der Waals surface area contributed by atoms with Gasteiger partial charge in [-0.3, -0.25) is 10.1 Å². The van der Waals surface area contributed by atoms with Crippen molar-refractivity contribution >= 4 is 28.8 Å². The van der Waals surface area contributed by atoms with Gasteiger partial charge in [-0.05, 0) is 48.7 Å². The number of rotatable bonds is 3. The van der Waals surface area contributed by atoms with E-state index in [1.165, 1.54) is 0 Å². The van der Waals surface area contributed by atoms with Gasteiger partial charge in [-0.2, -0.15) is 10.2 Å². The quantitative estimate of drug-likeness (QED) is 0.530. The van der Waals surface area contributed by atoms with E-state index in [1.54, 1.807) is 26.0 Å². The summed E-state index contributed by atoms with van der Waals surface area (Å²) in [6, 6.07) is 5.42. The van der Waals surface area contributed by atoms with Gasteiger partial charge in [-0.25, -0.2) is 4.98 Å². The highest BCUT2D eigenvalue weighted by molar-refractivity contribution is 6.28. The van der Waals surface area contributed by atoms with Crippen LogP contribution in [0.15, 0.2) is 18.3 Å². The van der Waals surface area contributed by atoms with E-state index in [0.717, 1.165) is 17.3 Å². The van der Waals surface area contributed by atoms with Crippen molar-refractivity contribution in [1.29, 1.82) is 5.26 Å². The Morgan fingerprint density at radius 2 is 2.00 bits per heavy atom. The molecule has 1 N–H and O–H groups in total. The van der Waals surface area contributed by atoms with E-state index in [4.69, 9.17) is 16.9 Å². The number of nitriles is 1. The fraction of sp³-hybridized carbons (Fsp3) is 0.154. The lowest BCUT2D eigenvalue weighted by Crippen LogP contribution is -2.04. The van der Waals surface area contributed by atoms with E-state index in [1.807, 2.05) is 0 Å². The van der Waals surface area contributed by atoms with Gasteiger partial charge >= 0.3 is 5.69 Å². The molecular formula is C13H10ClN5O2.